The third kappa shape index (κ3) is 5.00. The molecule has 1 fully saturated rings. The van der Waals surface area contributed by atoms with Crippen LogP contribution in [0, 0.1) is 11.3 Å². The topological polar surface area (TPSA) is 78.9 Å². The number of hydrogen-bond donors (Lipinski definition) is 2. The number of ether oxygens (including phenoxy) is 1. The lowest BCUT2D eigenvalue weighted by Crippen LogP contribution is -2.53. The van der Waals surface area contributed by atoms with Crippen LogP contribution in [0.4, 0.5) is 4.79 Å². The fourth-order valence-electron chi connectivity index (χ4n) is 2.30. The van der Waals surface area contributed by atoms with Crippen LogP contribution < -0.4 is 5.32 Å². The van der Waals surface area contributed by atoms with Gasteiger partial charge in [0.25, 0.3) is 0 Å². The Labute approximate surface area is 120 Å². The highest BCUT2D eigenvalue weighted by atomic mass is 16.5. The molecule has 0 saturated carbocycles. The van der Waals surface area contributed by atoms with Crippen molar-refractivity contribution in [2.75, 3.05) is 26.8 Å². The molecule has 0 radical (unpaired) electrons. The third-order valence-electron chi connectivity index (χ3n) is 3.51. The quantitative estimate of drug-likeness (QED) is 0.822. The fourth-order valence-corrected chi connectivity index (χ4v) is 2.30. The second kappa shape index (κ2) is 6.92. The molecule has 1 aliphatic rings. The maximum atomic E-state index is 12.1. The molecule has 0 aromatic rings. The van der Waals surface area contributed by atoms with Crippen LogP contribution in [0.5, 0.6) is 0 Å². The standard InChI is InChI=1S/C14H26N2O4/c1-14(2,3)11(12(17)18)15-13(19)16(4)8-10-6-5-7-20-9-10/h10-11H,5-9H2,1-4H3,(H,15,19)(H,17,18)/t10?,11-/m1/s1. The van der Waals surface area contributed by atoms with Crippen LogP contribution in [0.25, 0.3) is 0 Å². The first kappa shape index (κ1) is 16.8. The third-order valence-corrected chi connectivity index (χ3v) is 3.51. The molecular weight excluding hydrogens is 260 g/mol. The Morgan fingerprint density at radius 2 is 2.10 bits per heavy atom. The molecular formula is C14H26N2O4. The molecule has 116 valence electrons. The molecule has 1 rings (SSSR count). The lowest BCUT2D eigenvalue weighted by atomic mass is 9.87. The van der Waals surface area contributed by atoms with E-state index in [4.69, 9.17) is 4.74 Å². The van der Waals surface area contributed by atoms with E-state index in [1.807, 2.05) is 0 Å². The first-order valence-electron chi connectivity index (χ1n) is 7.04. The normalized spacial score (nSPS) is 21.1. The SMILES string of the molecule is CN(CC1CCCOC1)C(=O)N[C@H](C(=O)O)C(C)(C)C. The highest BCUT2D eigenvalue weighted by Gasteiger charge is 2.33. The summed E-state index contributed by atoms with van der Waals surface area (Å²) in [5, 5.41) is 11.8. The Bertz CT molecular complexity index is 346. The highest BCUT2D eigenvalue weighted by molar-refractivity contribution is 5.83. The molecule has 0 aromatic heterocycles. The molecule has 1 unspecified atom stereocenters. The minimum atomic E-state index is -1.01. The maximum absolute atomic E-state index is 12.1. The van der Waals surface area contributed by atoms with E-state index < -0.39 is 17.4 Å². The summed E-state index contributed by atoms with van der Waals surface area (Å²) < 4.78 is 5.38. The Morgan fingerprint density at radius 1 is 1.45 bits per heavy atom. The number of amides is 2. The van der Waals surface area contributed by atoms with Crippen LogP contribution in [0.3, 0.4) is 0 Å². The number of hydrogen-bond acceptors (Lipinski definition) is 3. The molecule has 6 nitrogen and oxygen atoms in total. The monoisotopic (exact) mass is 286 g/mol. The number of carboxylic acids is 1. The van der Waals surface area contributed by atoms with Crippen molar-refractivity contribution in [1.82, 2.24) is 10.2 Å². The van der Waals surface area contributed by atoms with E-state index in [1.165, 1.54) is 0 Å². The number of nitrogens with one attached hydrogen (secondary N) is 1. The van der Waals surface area contributed by atoms with Crippen LogP contribution in [0.15, 0.2) is 0 Å². The number of carbonyl (C=O) groups is 2. The van der Waals surface area contributed by atoms with Crippen LogP contribution in [-0.4, -0.2) is 54.9 Å². The van der Waals surface area contributed by atoms with E-state index in [0.29, 0.717) is 19.1 Å². The summed E-state index contributed by atoms with van der Waals surface area (Å²) in [4.78, 5) is 24.9. The van der Waals surface area contributed by atoms with Crippen LogP contribution >= 0.6 is 0 Å². The molecule has 2 amide bonds. The molecule has 0 aliphatic carbocycles. The molecule has 0 spiro atoms. The lowest BCUT2D eigenvalue weighted by molar-refractivity contribution is -0.142. The van der Waals surface area contributed by atoms with Crippen molar-refractivity contribution in [2.45, 2.75) is 39.7 Å². The fraction of sp³-hybridized carbons (Fsp3) is 0.857. The van der Waals surface area contributed by atoms with Crippen molar-refractivity contribution >= 4 is 12.0 Å². The summed E-state index contributed by atoms with van der Waals surface area (Å²) in [6.45, 7) is 7.42. The van der Waals surface area contributed by atoms with Crippen molar-refractivity contribution in [3.05, 3.63) is 0 Å². The molecule has 2 N–H and O–H groups in total. The summed E-state index contributed by atoms with van der Waals surface area (Å²) in [7, 11) is 1.69. The predicted molar refractivity (Wildman–Crippen MR) is 75.6 cm³/mol. The summed E-state index contributed by atoms with van der Waals surface area (Å²) in [6.07, 6.45) is 2.05. The Kier molecular flexibility index (Phi) is 5.80. The molecule has 1 saturated heterocycles. The van der Waals surface area contributed by atoms with Crippen LogP contribution in [-0.2, 0) is 9.53 Å². The molecule has 0 bridgehead atoms. The predicted octanol–water partition coefficient (Wildman–Crippen LogP) is 1.55. The van der Waals surface area contributed by atoms with E-state index in [-0.39, 0.29) is 6.03 Å². The number of aliphatic carboxylic acids is 1. The zero-order valence-electron chi connectivity index (χ0n) is 12.8. The minimum absolute atomic E-state index is 0.331. The van der Waals surface area contributed by atoms with Gasteiger partial charge in [0.15, 0.2) is 0 Å². The van der Waals surface area contributed by atoms with E-state index in [9.17, 15) is 14.7 Å². The second-order valence-electron chi connectivity index (χ2n) is 6.55. The highest BCUT2D eigenvalue weighted by Crippen LogP contribution is 2.20. The average Bonchev–Trinajstić information content (AvgIpc) is 2.34. The number of carbonyl (C=O) groups excluding carboxylic acids is 1. The van der Waals surface area contributed by atoms with Gasteiger partial charge in [-0.25, -0.2) is 9.59 Å². The molecule has 0 aromatic carbocycles. The van der Waals surface area contributed by atoms with Gasteiger partial charge in [-0.1, -0.05) is 20.8 Å². The van der Waals surface area contributed by atoms with Crippen molar-refractivity contribution in [3.63, 3.8) is 0 Å². The Hall–Kier alpha value is -1.30. The van der Waals surface area contributed by atoms with Crippen LogP contribution in [0.1, 0.15) is 33.6 Å². The van der Waals surface area contributed by atoms with E-state index in [2.05, 4.69) is 5.32 Å². The minimum Gasteiger partial charge on any atom is -0.480 e. The average molecular weight is 286 g/mol. The number of carboxylic acid groups (broad SMARTS) is 1. The van der Waals surface area contributed by atoms with Crippen molar-refractivity contribution in [3.8, 4) is 0 Å². The largest absolute Gasteiger partial charge is 0.480 e. The first-order valence-corrected chi connectivity index (χ1v) is 7.04. The summed E-state index contributed by atoms with van der Waals surface area (Å²) in [6, 6.07) is -1.25. The zero-order chi connectivity index (χ0) is 15.3. The van der Waals surface area contributed by atoms with Gasteiger partial charge in [-0.15, -0.1) is 0 Å². The first-order chi connectivity index (χ1) is 9.21. The van der Waals surface area contributed by atoms with Crippen molar-refractivity contribution in [2.24, 2.45) is 11.3 Å². The number of rotatable bonds is 4. The molecule has 1 heterocycles. The van der Waals surface area contributed by atoms with Gasteiger partial charge in [-0.2, -0.15) is 0 Å². The second-order valence-corrected chi connectivity index (χ2v) is 6.55. The molecule has 20 heavy (non-hydrogen) atoms. The summed E-state index contributed by atoms with van der Waals surface area (Å²) in [5.74, 6) is -0.683. The van der Waals surface area contributed by atoms with Gasteiger partial charge in [0.05, 0.1) is 6.61 Å². The van der Waals surface area contributed by atoms with Gasteiger partial charge in [0.1, 0.15) is 6.04 Å². The Balaban J connectivity index is 2.53. The van der Waals surface area contributed by atoms with Gasteiger partial charge in [-0.05, 0) is 18.3 Å². The Morgan fingerprint density at radius 3 is 2.55 bits per heavy atom. The van der Waals surface area contributed by atoms with Crippen LogP contribution in [0.2, 0.25) is 0 Å². The van der Waals surface area contributed by atoms with Gasteiger partial charge in [-0.3, -0.25) is 0 Å². The number of urea groups is 1. The van der Waals surface area contributed by atoms with E-state index >= 15 is 0 Å². The van der Waals surface area contributed by atoms with Crippen molar-refractivity contribution in [1.29, 1.82) is 0 Å². The molecule has 1 aliphatic heterocycles. The van der Waals surface area contributed by atoms with Gasteiger partial charge >= 0.3 is 12.0 Å². The van der Waals surface area contributed by atoms with E-state index in [0.717, 1.165) is 19.4 Å². The smallest absolute Gasteiger partial charge is 0.326 e. The lowest BCUT2D eigenvalue weighted by Gasteiger charge is -2.31. The van der Waals surface area contributed by atoms with Gasteiger partial charge < -0.3 is 20.1 Å². The maximum Gasteiger partial charge on any atom is 0.326 e. The summed E-state index contributed by atoms with van der Waals surface area (Å²) >= 11 is 0. The van der Waals surface area contributed by atoms with Crippen molar-refractivity contribution < 1.29 is 19.4 Å². The number of nitrogens with zero attached hydrogens (tertiary/aromatic N) is 1. The van der Waals surface area contributed by atoms with Gasteiger partial charge in [0.2, 0.25) is 0 Å². The molecule has 2 atom stereocenters. The molecule has 6 heteroatoms. The zero-order valence-corrected chi connectivity index (χ0v) is 12.8. The van der Waals surface area contributed by atoms with E-state index in [1.54, 1.807) is 32.7 Å². The summed E-state index contributed by atoms with van der Waals surface area (Å²) in [5.41, 5.74) is -0.531. The van der Waals surface area contributed by atoms with Gasteiger partial charge in [0, 0.05) is 26.1 Å².